The zero-order valence-electron chi connectivity index (χ0n) is 12.6. The van der Waals surface area contributed by atoms with Crippen LogP contribution in [0.4, 0.5) is 0 Å². The molecule has 0 aromatic carbocycles. The van der Waals surface area contributed by atoms with Gasteiger partial charge in [-0.15, -0.1) is 0 Å². The minimum absolute atomic E-state index is 0.295. The number of unbranched alkanes of at least 4 members (excludes halogenated alkanes) is 1. The van der Waals surface area contributed by atoms with E-state index in [1.165, 1.54) is 0 Å². The largest absolute Gasteiger partial charge is 0.348 e. The molecule has 1 aliphatic rings. The highest BCUT2D eigenvalue weighted by molar-refractivity contribution is 7.85. The summed E-state index contributed by atoms with van der Waals surface area (Å²) in [7, 11) is -1.17. The maximum atomic E-state index is 11.8. The third-order valence-corrected chi connectivity index (χ3v) is 4.46. The van der Waals surface area contributed by atoms with E-state index in [2.05, 4.69) is 11.3 Å². The minimum Gasteiger partial charge on any atom is -0.348 e. The first-order valence-electron chi connectivity index (χ1n) is 7.12. The van der Waals surface area contributed by atoms with Gasteiger partial charge in [0.15, 0.2) is 5.79 Å². The molecule has 112 valence electrons. The molecule has 19 heavy (non-hydrogen) atoms. The predicted octanol–water partition coefficient (Wildman–Crippen LogP) is 3.23. The monoisotopic (exact) mass is 289 g/mol. The van der Waals surface area contributed by atoms with E-state index in [1.54, 1.807) is 6.21 Å². The van der Waals surface area contributed by atoms with E-state index in [1.807, 2.05) is 20.8 Å². The van der Waals surface area contributed by atoms with Crippen LogP contribution in [0.3, 0.4) is 0 Å². The number of ether oxygens (including phenoxy) is 2. The van der Waals surface area contributed by atoms with Crippen molar-refractivity contribution in [3.05, 3.63) is 0 Å². The van der Waals surface area contributed by atoms with Crippen LogP contribution >= 0.6 is 0 Å². The summed E-state index contributed by atoms with van der Waals surface area (Å²) >= 11 is 0. The quantitative estimate of drug-likeness (QED) is 0.676. The predicted molar refractivity (Wildman–Crippen MR) is 79.8 cm³/mol. The first-order valence-corrected chi connectivity index (χ1v) is 8.23. The van der Waals surface area contributed by atoms with Crippen molar-refractivity contribution < 1.29 is 13.7 Å². The van der Waals surface area contributed by atoms with E-state index in [9.17, 15) is 4.21 Å². The average Bonchev–Trinajstić information content (AvgIpc) is 2.80. The zero-order chi connectivity index (χ0) is 14.4. The average molecular weight is 289 g/mol. The van der Waals surface area contributed by atoms with Crippen molar-refractivity contribution >= 4 is 17.2 Å². The number of nitrogens with zero attached hydrogens (tertiary/aromatic N) is 1. The Kier molecular flexibility index (Phi) is 6.63. The van der Waals surface area contributed by atoms with Crippen molar-refractivity contribution in [1.29, 1.82) is 0 Å². The fraction of sp³-hybridized carbons (Fsp3) is 0.929. The Hall–Kier alpha value is -0.260. The Labute approximate surface area is 119 Å². The lowest BCUT2D eigenvalue weighted by atomic mass is 10.0. The van der Waals surface area contributed by atoms with E-state index < -0.39 is 16.8 Å². The van der Waals surface area contributed by atoms with Crippen LogP contribution in [0, 0.1) is 0 Å². The lowest BCUT2D eigenvalue weighted by Crippen LogP contribution is -2.30. The first kappa shape index (κ1) is 16.8. The van der Waals surface area contributed by atoms with E-state index in [4.69, 9.17) is 9.47 Å². The standard InChI is InChI=1S/C14H27NO3S/c1-5-6-8-14(17-11-12-18-14)9-7-10-15-19(16)13(2,3)4/h10H,5-9,11-12H2,1-4H3/b15-10+. The van der Waals surface area contributed by atoms with Crippen LogP contribution in [0.1, 0.15) is 59.8 Å². The molecule has 1 saturated heterocycles. The topological polar surface area (TPSA) is 47.9 Å². The second kappa shape index (κ2) is 7.50. The highest BCUT2D eigenvalue weighted by atomic mass is 32.2. The van der Waals surface area contributed by atoms with Crippen molar-refractivity contribution in [3.8, 4) is 0 Å². The third-order valence-electron chi connectivity index (χ3n) is 3.07. The third kappa shape index (κ3) is 5.71. The van der Waals surface area contributed by atoms with Crippen LogP contribution in [0.2, 0.25) is 0 Å². The molecule has 0 amide bonds. The second-order valence-corrected chi connectivity index (χ2v) is 7.83. The summed E-state index contributed by atoms with van der Waals surface area (Å²) in [4.78, 5) is 0. The van der Waals surface area contributed by atoms with Gasteiger partial charge in [0.25, 0.3) is 0 Å². The second-order valence-electron chi connectivity index (χ2n) is 5.90. The maximum absolute atomic E-state index is 11.8. The van der Waals surface area contributed by atoms with Crippen LogP contribution in [0.5, 0.6) is 0 Å². The van der Waals surface area contributed by atoms with Gasteiger partial charge in [-0.1, -0.05) is 13.3 Å². The lowest BCUT2D eigenvalue weighted by Gasteiger charge is -2.26. The molecule has 0 spiro atoms. The number of hydrogen-bond donors (Lipinski definition) is 0. The number of hydrogen-bond acceptors (Lipinski definition) is 3. The van der Waals surface area contributed by atoms with E-state index >= 15 is 0 Å². The van der Waals surface area contributed by atoms with Crippen molar-refractivity contribution in [1.82, 2.24) is 0 Å². The Morgan fingerprint density at radius 2 is 1.89 bits per heavy atom. The zero-order valence-corrected chi connectivity index (χ0v) is 13.4. The van der Waals surface area contributed by atoms with Crippen molar-refractivity contribution in [3.63, 3.8) is 0 Å². The Morgan fingerprint density at radius 1 is 1.26 bits per heavy atom. The SMILES string of the molecule is CCCCC1(CC/C=N/S(=O)C(C)(C)C)OCCO1. The van der Waals surface area contributed by atoms with E-state index in [0.29, 0.717) is 13.2 Å². The number of rotatable bonds is 7. The molecular formula is C14H27NO3S. The summed E-state index contributed by atoms with van der Waals surface area (Å²) in [6.07, 6.45) is 6.45. The molecule has 1 fully saturated rings. The molecule has 1 unspecified atom stereocenters. The van der Waals surface area contributed by atoms with Gasteiger partial charge in [0.05, 0.1) is 18.0 Å². The van der Waals surface area contributed by atoms with Gasteiger partial charge in [0, 0.05) is 19.1 Å². The smallest absolute Gasteiger partial charge is 0.168 e. The van der Waals surface area contributed by atoms with Gasteiger partial charge >= 0.3 is 0 Å². The van der Waals surface area contributed by atoms with Crippen molar-refractivity contribution in [2.45, 2.75) is 70.3 Å². The van der Waals surface area contributed by atoms with Crippen LogP contribution in [-0.2, 0) is 20.5 Å². The molecule has 0 radical (unpaired) electrons. The summed E-state index contributed by atoms with van der Waals surface area (Å²) < 4.78 is 27.1. The van der Waals surface area contributed by atoms with Gasteiger partial charge in [-0.3, -0.25) is 0 Å². The Morgan fingerprint density at radius 3 is 2.42 bits per heavy atom. The summed E-state index contributed by atoms with van der Waals surface area (Å²) in [5.74, 6) is -0.425. The lowest BCUT2D eigenvalue weighted by molar-refractivity contribution is -0.166. The van der Waals surface area contributed by atoms with Crippen molar-refractivity contribution in [2.24, 2.45) is 4.40 Å². The molecule has 0 bridgehead atoms. The molecular weight excluding hydrogens is 262 g/mol. The molecule has 1 atom stereocenters. The summed E-state index contributed by atoms with van der Waals surface area (Å²) in [5.41, 5.74) is 0. The van der Waals surface area contributed by atoms with Gasteiger partial charge in [-0.25, -0.2) is 4.21 Å². The molecule has 1 aliphatic heterocycles. The highest BCUT2D eigenvalue weighted by Gasteiger charge is 2.34. The van der Waals surface area contributed by atoms with Crippen LogP contribution in [0.25, 0.3) is 0 Å². The molecule has 1 heterocycles. The summed E-state index contributed by atoms with van der Waals surface area (Å²) in [6, 6.07) is 0. The minimum atomic E-state index is -1.17. The summed E-state index contributed by atoms with van der Waals surface area (Å²) in [5, 5.41) is 0. The maximum Gasteiger partial charge on any atom is 0.168 e. The van der Waals surface area contributed by atoms with E-state index in [-0.39, 0.29) is 4.75 Å². The van der Waals surface area contributed by atoms with Crippen LogP contribution in [-0.4, -0.2) is 34.2 Å². The van der Waals surface area contributed by atoms with Crippen molar-refractivity contribution in [2.75, 3.05) is 13.2 Å². The molecule has 4 nitrogen and oxygen atoms in total. The van der Waals surface area contributed by atoms with Gasteiger partial charge in [-0.2, -0.15) is 4.40 Å². The summed E-state index contributed by atoms with van der Waals surface area (Å²) in [6.45, 7) is 9.28. The Bertz CT molecular complexity index is 317. The molecule has 0 aromatic heterocycles. The Balaban J connectivity index is 2.41. The molecule has 0 N–H and O–H groups in total. The van der Waals surface area contributed by atoms with Gasteiger partial charge in [0.1, 0.15) is 11.0 Å². The molecule has 5 heteroatoms. The van der Waals surface area contributed by atoms with Gasteiger partial charge < -0.3 is 9.47 Å². The van der Waals surface area contributed by atoms with Crippen LogP contribution < -0.4 is 0 Å². The first-order chi connectivity index (χ1) is 8.90. The molecule has 0 aliphatic carbocycles. The normalized spacial score (nSPS) is 21.1. The highest BCUT2D eigenvalue weighted by Crippen LogP contribution is 2.30. The van der Waals surface area contributed by atoms with Crippen LogP contribution in [0.15, 0.2) is 4.40 Å². The van der Waals surface area contributed by atoms with E-state index in [0.717, 1.165) is 32.1 Å². The molecule has 1 rings (SSSR count). The molecule has 0 saturated carbocycles. The van der Waals surface area contributed by atoms with Gasteiger partial charge in [-0.05, 0) is 33.6 Å². The van der Waals surface area contributed by atoms with Gasteiger partial charge in [0.2, 0.25) is 0 Å². The fourth-order valence-electron chi connectivity index (χ4n) is 1.92. The molecule has 0 aromatic rings. The fourth-order valence-corrected chi connectivity index (χ4v) is 2.48.